The van der Waals surface area contributed by atoms with Crippen molar-refractivity contribution < 1.29 is 5.10 Å². The van der Waals surface area contributed by atoms with Crippen LogP contribution in [0.1, 0.15) is 0 Å². The number of nitrogens with two attached hydrogens (primary N) is 1. The van der Waals surface area contributed by atoms with Crippen molar-refractivity contribution in [2.45, 2.75) is 0 Å². The van der Waals surface area contributed by atoms with Gasteiger partial charge in [-0.05, 0) is 0 Å². The van der Waals surface area contributed by atoms with Crippen molar-refractivity contribution in [1.29, 1.82) is 0 Å². The Morgan fingerprint density at radius 1 is 1.83 bits per heavy atom. The van der Waals surface area contributed by atoms with Gasteiger partial charge in [0.05, 0.1) is 5.10 Å². The zero-order valence-corrected chi connectivity index (χ0v) is 2.97. The number of hydrogen-bond donors (Lipinski definition) is 2. The first-order chi connectivity index (χ1) is 2.89. The number of nitrogens with one attached hydrogen (secondary N) is 2. The zero-order valence-electron chi connectivity index (χ0n) is 2.97. The molecule has 0 aliphatic heterocycles. The number of aromatic amines is 2. The molecule has 0 unspecified atom stereocenters. The molecule has 6 heavy (non-hydrogen) atoms. The molecular formula is CH4N5+. The summed E-state index contributed by atoms with van der Waals surface area (Å²) in [5.74, 6) is 0.301. The van der Waals surface area contributed by atoms with E-state index in [1.807, 2.05) is 0 Å². The lowest BCUT2D eigenvalue weighted by Crippen LogP contribution is -2.07. The summed E-state index contributed by atoms with van der Waals surface area (Å²) in [5, 5.41) is 11.3. The van der Waals surface area contributed by atoms with E-state index in [9.17, 15) is 0 Å². The molecule has 4 N–H and O–H groups in total. The van der Waals surface area contributed by atoms with Crippen molar-refractivity contribution in [1.82, 2.24) is 15.5 Å². The van der Waals surface area contributed by atoms with Crippen molar-refractivity contribution in [3.63, 3.8) is 0 Å². The van der Waals surface area contributed by atoms with Crippen LogP contribution < -0.4 is 10.8 Å². The topological polar surface area (TPSA) is 81.7 Å². The van der Waals surface area contributed by atoms with Crippen LogP contribution in [-0.4, -0.2) is 15.5 Å². The van der Waals surface area contributed by atoms with Gasteiger partial charge < -0.3 is 5.73 Å². The van der Waals surface area contributed by atoms with Crippen LogP contribution in [0.4, 0.5) is 5.95 Å². The third-order valence-electron chi connectivity index (χ3n) is 0.392. The largest absolute Gasteiger partial charge is 0.394 e. The van der Waals surface area contributed by atoms with Crippen LogP contribution in [-0.2, 0) is 0 Å². The molecule has 32 valence electrons. The highest BCUT2D eigenvalue weighted by molar-refractivity contribution is 4.96. The molecule has 0 atom stereocenters. The van der Waals surface area contributed by atoms with E-state index in [0.29, 0.717) is 5.95 Å². The van der Waals surface area contributed by atoms with Crippen molar-refractivity contribution in [3.05, 3.63) is 0 Å². The molecule has 0 aromatic carbocycles. The minimum Gasteiger partial charge on any atom is -0.304 e. The summed E-state index contributed by atoms with van der Waals surface area (Å²) in [6.07, 6.45) is 0. The van der Waals surface area contributed by atoms with Crippen LogP contribution in [0.3, 0.4) is 0 Å². The third-order valence-corrected chi connectivity index (χ3v) is 0.392. The lowest BCUT2D eigenvalue weighted by molar-refractivity contribution is -0.440. The maximum Gasteiger partial charge on any atom is 0.394 e. The molecular weight excluding hydrogens is 82.0 g/mol. The fourth-order valence-electron chi connectivity index (χ4n) is 0.186. The summed E-state index contributed by atoms with van der Waals surface area (Å²) in [6.45, 7) is 0. The Morgan fingerprint density at radius 2 is 2.67 bits per heavy atom. The standard InChI is InChI=1S/CH3N5/c2-1-3-5-6-4-1/h(H3,2,3,4,5,6)/p+1. The van der Waals surface area contributed by atoms with Gasteiger partial charge >= 0.3 is 5.95 Å². The molecule has 0 amide bonds. The highest BCUT2D eigenvalue weighted by Crippen LogP contribution is 1.63. The molecule has 5 nitrogen and oxygen atoms in total. The smallest absolute Gasteiger partial charge is 0.304 e. The first kappa shape index (κ1) is 3.08. The fraction of sp³-hybridized carbons (Fsp3) is 0. The SMILES string of the molecule is Nc1nn[nH][nH+]1. The second kappa shape index (κ2) is 0.925. The van der Waals surface area contributed by atoms with Crippen LogP contribution in [0.25, 0.3) is 0 Å². The lowest BCUT2D eigenvalue weighted by Gasteiger charge is -1.55. The minimum atomic E-state index is 0.301. The highest BCUT2D eigenvalue weighted by atomic mass is 15.5. The Morgan fingerprint density at radius 3 is 2.83 bits per heavy atom. The van der Waals surface area contributed by atoms with Crippen LogP contribution >= 0.6 is 0 Å². The number of tetrazole rings is 1. The Bertz CT molecular complexity index is 107. The summed E-state index contributed by atoms with van der Waals surface area (Å²) in [6, 6.07) is 0. The molecule has 1 rings (SSSR count). The van der Waals surface area contributed by atoms with Crippen molar-refractivity contribution in [2.24, 2.45) is 0 Å². The van der Waals surface area contributed by atoms with Gasteiger partial charge in [0.15, 0.2) is 0 Å². The van der Waals surface area contributed by atoms with E-state index >= 15 is 0 Å². The monoisotopic (exact) mass is 86.0 g/mol. The maximum absolute atomic E-state index is 5.02. The Hall–Kier alpha value is -1.13. The van der Waals surface area contributed by atoms with Crippen LogP contribution in [0.2, 0.25) is 0 Å². The molecule has 0 saturated heterocycles. The van der Waals surface area contributed by atoms with Gasteiger partial charge in [-0.1, -0.05) is 0 Å². The summed E-state index contributed by atoms with van der Waals surface area (Å²) >= 11 is 0. The van der Waals surface area contributed by atoms with Gasteiger partial charge in [-0.2, -0.15) is 5.10 Å². The second-order valence-electron chi connectivity index (χ2n) is 0.822. The number of nitrogen functional groups attached to an aromatic ring is 1. The average molecular weight is 86.1 g/mol. The zero-order chi connectivity index (χ0) is 4.41. The van der Waals surface area contributed by atoms with Gasteiger partial charge in [0, 0.05) is 0 Å². The Labute approximate surface area is 33.5 Å². The molecule has 0 bridgehead atoms. The summed E-state index contributed by atoms with van der Waals surface area (Å²) < 4.78 is 0. The highest BCUT2D eigenvalue weighted by Gasteiger charge is 1.89. The van der Waals surface area contributed by atoms with E-state index in [0.717, 1.165) is 0 Å². The van der Waals surface area contributed by atoms with Crippen molar-refractivity contribution in [3.8, 4) is 0 Å². The predicted molar refractivity (Wildman–Crippen MR) is 17.4 cm³/mol. The van der Waals surface area contributed by atoms with Crippen molar-refractivity contribution >= 4 is 5.95 Å². The van der Waals surface area contributed by atoms with Crippen LogP contribution in [0, 0.1) is 0 Å². The van der Waals surface area contributed by atoms with Gasteiger partial charge in [-0.3, -0.25) is 0 Å². The Kier molecular flexibility index (Phi) is 0.474. The quantitative estimate of drug-likeness (QED) is 0.391. The van der Waals surface area contributed by atoms with E-state index in [-0.39, 0.29) is 0 Å². The van der Waals surface area contributed by atoms with Crippen LogP contribution in [0.5, 0.6) is 0 Å². The van der Waals surface area contributed by atoms with Gasteiger partial charge in [0.2, 0.25) is 0 Å². The molecule has 0 aliphatic carbocycles. The number of anilines is 1. The van der Waals surface area contributed by atoms with Crippen LogP contribution in [0.15, 0.2) is 0 Å². The fourth-order valence-corrected chi connectivity index (χ4v) is 0.186. The van der Waals surface area contributed by atoms with Gasteiger partial charge in [-0.25, -0.2) is 0 Å². The van der Waals surface area contributed by atoms with E-state index in [1.54, 1.807) is 0 Å². The minimum absolute atomic E-state index is 0.301. The molecule has 0 spiro atoms. The van der Waals surface area contributed by atoms with Gasteiger partial charge in [0.25, 0.3) is 0 Å². The number of H-pyrrole nitrogens is 2. The predicted octanol–water partition coefficient (Wildman–Crippen LogP) is -1.80. The average Bonchev–Trinajstić information content (AvgIpc) is 1.86. The molecule has 1 aromatic rings. The molecule has 1 aromatic heterocycles. The first-order valence-corrected chi connectivity index (χ1v) is 1.44. The lowest BCUT2D eigenvalue weighted by atomic mass is 11.2. The van der Waals surface area contributed by atoms with E-state index in [4.69, 9.17) is 5.73 Å². The third kappa shape index (κ3) is 0.291. The van der Waals surface area contributed by atoms with Gasteiger partial charge in [-0.15, -0.1) is 5.21 Å². The molecule has 5 heteroatoms. The summed E-state index contributed by atoms with van der Waals surface area (Å²) in [5.41, 5.74) is 5.02. The Balaban J connectivity index is 3.05. The first-order valence-electron chi connectivity index (χ1n) is 1.44. The van der Waals surface area contributed by atoms with E-state index in [2.05, 4.69) is 20.6 Å². The molecule has 0 fully saturated rings. The number of rotatable bonds is 0. The van der Waals surface area contributed by atoms with Gasteiger partial charge in [0.1, 0.15) is 5.21 Å². The number of nitrogens with zero attached hydrogens (tertiary/aromatic N) is 2. The molecule has 1 heterocycles. The van der Waals surface area contributed by atoms with Crippen molar-refractivity contribution in [2.75, 3.05) is 5.73 Å². The molecule has 0 aliphatic rings. The number of hydrogen-bond acceptors (Lipinski definition) is 3. The summed E-state index contributed by atoms with van der Waals surface area (Å²) in [4.78, 5) is 0. The second-order valence-corrected chi connectivity index (χ2v) is 0.822. The van der Waals surface area contributed by atoms with E-state index in [1.165, 1.54) is 0 Å². The normalized spacial score (nSPS) is 8.67. The molecule has 0 radical (unpaired) electrons. The summed E-state index contributed by atoms with van der Waals surface area (Å²) in [7, 11) is 0. The maximum atomic E-state index is 5.02. The van der Waals surface area contributed by atoms with E-state index < -0.39 is 0 Å². The molecule has 0 saturated carbocycles. The number of aromatic nitrogens is 4.